The van der Waals surface area contributed by atoms with Crippen LogP contribution in [0.3, 0.4) is 0 Å². The summed E-state index contributed by atoms with van der Waals surface area (Å²) in [5, 5.41) is 3.69. The van der Waals surface area contributed by atoms with Gasteiger partial charge >= 0.3 is 0 Å². The first-order valence-corrected chi connectivity index (χ1v) is 6.83. The summed E-state index contributed by atoms with van der Waals surface area (Å²) < 4.78 is 12.8. The van der Waals surface area contributed by atoms with E-state index in [4.69, 9.17) is 0 Å². The lowest BCUT2D eigenvalue weighted by atomic mass is 10.2. The van der Waals surface area contributed by atoms with Crippen LogP contribution in [-0.4, -0.2) is 10.9 Å². The number of rotatable bonds is 3. The molecule has 19 heavy (non-hydrogen) atoms. The summed E-state index contributed by atoms with van der Waals surface area (Å²) >= 11 is 1.40. The van der Waals surface area contributed by atoms with E-state index < -0.39 is 0 Å². The highest BCUT2D eigenvalue weighted by Crippen LogP contribution is 2.25. The Balaban J connectivity index is 2.18. The molecule has 1 aromatic carbocycles. The third-order valence-electron chi connectivity index (χ3n) is 2.62. The summed E-state index contributed by atoms with van der Waals surface area (Å²) in [6, 6.07) is 5.70. The van der Waals surface area contributed by atoms with Gasteiger partial charge in [-0.3, -0.25) is 4.79 Å². The standard InChI is InChI=1S/C14H15FN2OS/c1-8(2)14-16-9(3)12(19-14)13(18)17-11-6-4-10(15)5-7-11/h4-8H,1-3H3,(H,17,18). The van der Waals surface area contributed by atoms with Gasteiger partial charge in [0.1, 0.15) is 10.7 Å². The highest BCUT2D eigenvalue weighted by atomic mass is 32.1. The Labute approximate surface area is 115 Å². The molecule has 2 rings (SSSR count). The molecular formula is C14H15FN2OS. The maximum Gasteiger partial charge on any atom is 0.267 e. The number of carbonyl (C=O) groups excluding carboxylic acids is 1. The Morgan fingerprint density at radius 2 is 1.95 bits per heavy atom. The number of thiazole rings is 1. The van der Waals surface area contributed by atoms with Gasteiger partial charge in [-0.15, -0.1) is 11.3 Å². The fourth-order valence-corrected chi connectivity index (χ4v) is 2.56. The number of aryl methyl sites for hydroxylation is 1. The Bertz CT molecular complexity index is 590. The number of aromatic nitrogens is 1. The normalized spacial score (nSPS) is 10.8. The second-order valence-corrected chi connectivity index (χ2v) is 5.61. The van der Waals surface area contributed by atoms with Crippen molar-refractivity contribution in [3.8, 4) is 0 Å². The van der Waals surface area contributed by atoms with Crippen LogP contribution in [-0.2, 0) is 0 Å². The van der Waals surface area contributed by atoms with Gasteiger partial charge in [-0.25, -0.2) is 9.37 Å². The molecule has 1 aromatic heterocycles. The number of amides is 1. The number of benzene rings is 1. The van der Waals surface area contributed by atoms with Gasteiger partial charge in [-0.05, 0) is 31.2 Å². The Morgan fingerprint density at radius 1 is 1.32 bits per heavy atom. The van der Waals surface area contributed by atoms with Gasteiger partial charge in [0, 0.05) is 11.6 Å². The first-order valence-electron chi connectivity index (χ1n) is 6.01. The van der Waals surface area contributed by atoms with Gasteiger partial charge in [0.25, 0.3) is 5.91 Å². The molecule has 1 heterocycles. The zero-order chi connectivity index (χ0) is 14.0. The Hall–Kier alpha value is -1.75. The predicted molar refractivity (Wildman–Crippen MR) is 75.3 cm³/mol. The number of halogens is 1. The minimum atomic E-state index is -0.325. The molecule has 1 N–H and O–H groups in total. The maximum atomic E-state index is 12.8. The van der Waals surface area contributed by atoms with Gasteiger partial charge in [0.15, 0.2) is 0 Å². The summed E-state index contributed by atoms with van der Waals surface area (Å²) in [7, 11) is 0. The topological polar surface area (TPSA) is 42.0 Å². The van der Waals surface area contributed by atoms with E-state index in [9.17, 15) is 9.18 Å². The van der Waals surface area contributed by atoms with E-state index >= 15 is 0 Å². The van der Waals surface area contributed by atoms with E-state index in [1.807, 2.05) is 20.8 Å². The van der Waals surface area contributed by atoms with Crippen molar-refractivity contribution in [2.24, 2.45) is 0 Å². The summed E-state index contributed by atoms with van der Waals surface area (Å²) in [5.41, 5.74) is 1.30. The van der Waals surface area contributed by atoms with Crippen LogP contribution < -0.4 is 5.32 Å². The van der Waals surface area contributed by atoms with E-state index in [0.29, 0.717) is 16.5 Å². The number of hydrogen-bond acceptors (Lipinski definition) is 3. The van der Waals surface area contributed by atoms with Crippen molar-refractivity contribution >= 4 is 22.9 Å². The maximum absolute atomic E-state index is 12.8. The molecule has 0 aliphatic rings. The SMILES string of the molecule is Cc1nc(C(C)C)sc1C(=O)Nc1ccc(F)cc1. The molecule has 0 fully saturated rings. The quantitative estimate of drug-likeness (QED) is 0.923. The number of nitrogens with zero attached hydrogens (tertiary/aromatic N) is 1. The molecule has 0 radical (unpaired) electrons. The molecule has 0 spiro atoms. The highest BCUT2D eigenvalue weighted by Gasteiger charge is 2.16. The fourth-order valence-electron chi connectivity index (χ4n) is 1.60. The van der Waals surface area contributed by atoms with E-state index in [0.717, 1.165) is 10.7 Å². The number of anilines is 1. The summed E-state index contributed by atoms with van der Waals surface area (Å²) in [6.07, 6.45) is 0. The van der Waals surface area contributed by atoms with Gasteiger partial charge in [0.2, 0.25) is 0 Å². The first-order chi connectivity index (χ1) is 8.97. The van der Waals surface area contributed by atoms with Gasteiger partial charge < -0.3 is 5.32 Å². The fraction of sp³-hybridized carbons (Fsp3) is 0.286. The van der Waals surface area contributed by atoms with E-state index in [2.05, 4.69) is 10.3 Å². The van der Waals surface area contributed by atoms with Crippen molar-refractivity contribution < 1.29 is 9.18 Å². The van der Waals surface area contributed by atoms with E-state index in [1.54, 1.807) is 0 Å². The molecular weight excluding hydrogens is 263 g/mol. The minimum absolute atomic E-state index is 0.200. The predicted octanol–water partition coefficient (Wildman–Crippen LogP) is 3.97. The van der Waals surface area contributed by atoms with Crippen LogP contribution in [0.4, 0.5) is 10.1 Å². The molecule has 3 nitrogen and oxygen atoms in total. The van der Waals surface area contributed by atoms with E-state index in [-0.39, 0.29) is 11.7 Å². The lowest BCUT2D eigenvalue weighted by Crippen LogP contribution is -2.11. The largest absolute Gasteiger partial charge is 0.321 e. The number of carbonyl (C=O) groups is 1. The van der Waals surface area contributed by atoms with Gasteiger partial charge in [0.05, 0.1) is 10.7 Å². The molecule has 0 saturated heterocycles. The highest BCUT2D eigenvalue weighted by molar-refractivity contribution is 7.14. The van der Waals surface area contributed by atoms with Gasteiger partial charge in [-0.2, -0.15) is 0 Å². The second-order valence-electron chi connectivity index (χ2n) is 4.58. The smallest absolute Gasteiger partial charge is 0.267 e. The summed E-state index contributed by atoms with van der Waals surface area (Å²) in [4.78, 5) is 17.1. The van der Waals surface area contributed by atoms with Crippen LogP contribution in [0.15, 0.2) is 24.3 Å². The monoisotopic (exact) mass is 278 g/mol. The first kappa shape index (κ1) is 13.7. The molecule has 0 aliphatic heterocycles. The van der Waals surface area contributed by atoms with Crippen molar-refractivity contribution in [3.63, 3.8) is 0 Å². The molecule has 100 valence electrons. The van der Waals surface area contributed by atoms with Crippen molar-refractivity contribution in [1.29, 1.82) is 0 Å². The Morgan fingerprint density at radius 3 is 2.47 bits per heavy atom. The van der Waals surface area contributed by atoms with Crippen molar-refractivity contribution in [2.75, 3.05) is 5.32 Å². The lowest BCUT2D eigenvalue weighted by molar-refractivity contribution is 0.103. The molecule has 1 amide bonds. The third kappa shape index (κ3) is 3.17. The number of hydrogen-bond donors (Lipinski definition) is 1. The summed E-state index contributed by atoms with van der Waals surface area (Å²) in [6.45, 7) is 5.90. The molecule has 0 unspecified atom stereocenters. The zero-order valence-electron chi connectivity index (χ0n) is 11.0. The van der Waals surface area contributed by atoms with Crippen LogP contribution in [0.25, 0.3) is 0 Å². The molecule has 5 heteroatoms. The third-order valence-corrected chi connectivity index (χ3v) is 4.07. The van der Waals surface area contributed by atoms with Crippen LogP contribution >= 0.6 is 11.3 Å². The van der Waals surface area contributed by atoms with E-state index in [1.165, 1.54) is 35.6 Å². The van der Waals surface area contributed by atoms with Crippen LogP contribution in [0, 0.1) is 12.7 Å². The molecule has 2 aromatic rings. The van der Waals surface area contributed by atoms with Crippen LogP contribution in [0.2, 0.25) is 0 Å². The second kappa shape index (κ2) is 5.48. The average Bonchev–Trinajstić information content (AvgIpc) is 2.74. The molecule has 0 aliphatic carbocycles. The minimum Gasteiger partial charge on any atom is -0.321 e. The average molecular weight is 278 g/mol. The molecule has 0 saturated carbocycles. The van der Waals surface area contributed by atoms with Crippen molar-refractivity contribution in [3.05, 3.63) is 45.7 Å². The number of nitrogens with one attached hydrogen (secondary N) is 1. The summed E-state index contributed by atoms with van der Waals surface area (Å²) in [5.74, 6) is -0.223. The molecule has 0 bridgehead atoms. The van der Waals surface area contributed by atoms with Gasteiger partial charge in [-0.1, -0.05) is 13.8 Å². The van der Waals surface area contributed by atoms with Crippen LogP contribution in [0.5, 0.6) is 0 Å². The lowest BCUT2D eigenvalue weighted by Gasteiger charge is -2.03. The van der Waals surface area contributed by atoms with Crippen molar-refractivity contribution in [1.82, 2.24) is 4.98 Å². The molecule has 0 atom stereocenters. The zero-order valence-corrected chi connectivity index (χ0v) is 11.8. The van der Waals surface area contributed by atoms with Crippen LogP contribution in [0.1, 0.15) is 40.1 Å². The Kier molecular flexibility index (Phi) is 3.95. The van der Waals surface area contributed by atoms with Crippen molar-refractivity contribution in [2.45, 2.75) is 26.7 Å².